The standard InChI is InChI=1S/C14H18N2S/c1-15-13(6-5-12-7-9-17-11-12)10-14-4-2-3-8-16-14/h2-4,7-9,11,13,15H,5-6,10H2,1H3. The van der Waals surface area contributed by atoms with Gasteiger partial charge in [0.05, 0.1) is 0 Å². The molecule has 0 spiro atoms. The molecule has 1 unspecified atom stereocenters. The second kappa shape index (κ2) is 6.52. The van der Waals surface area contributed by atoms with Gasteiger partial charge < -0.3 is 5.32 Å². The lowest BCUT2D eigenvalue weighted by molar-refractivity contribution is 0.515. The van der Waals surface area contributed by atoms with Crippen molar-refractivity contribution < 1.29 is 0 Å². The molecule has 2 heterocycles. The quantitative estimate of drug-likeness (QED) is 0.847. The minimum atomic E-state index is 0.504. The predicted molar refractivity (Wildman–Crippen MR) is 73.4 cm³/mol. The van der Waals surface area contributed by atoms with Crippen molar-refractivity contribution in [1.82, 2.24) is 10.3 Å². The number of nitrogens with zero attached hydrogens (tertiary/aromatic N) is 1. The number of thiophene rings is 1. The topological polar surface area (TPSA) is 24.9 Å². The van der Waals surface area contributed by atoms with Gasteiger partial charge in [-0.25, -0.2) is 0 Å². The average Bonchev–Trinajstić information content (AvgIpc) is 2.89. The van der Waals surface area contributed by atoms with Gasteiger partial charge in [0.1, 0.15) is 0 Å². The Balaban J connectivity index is 1.85. The van der Waals surface area contributed by atoms with Gasteiger partial charge in [0.15, 0.2) is 0 Å². The molecule has 0 saturated heterocycles. The van der Waals surface area contributed by atoms with Crippen molar-refractivity contribution in [1.29, 1.82) is 0 Å². The number of aryl methyl sites for hydroxylation is 1. The molecule has 0 aliphatic carbocycles. The number of nitrogens with one attached hydrogen (secondary N) is 1. The molecular weight excluding hydrogens is 228 g/mol. The summed E-state index contributed by atoms with van der Waals surface area (Å²) in [5, 5.41) is 7.75. The SMILES string of the molecule is CNC(CCc1ccsc1)Cc1ccccn1. The molecule has 0 fully saturated rings. The molecular formula is C14H18N2S. The van der Waals surface area contributed by atoms with Crippen molar-refractivity contribution in [3.8, 4) is 0 Å². The van der Waals surface area contributed by atoms with Crippen LogP contribution in [-0.2, 0) is 12.8 Å². The number of hydrogen-bond donors (Lipinski definition) is 1. The van der Waals surface area contributed by atoms with Crippen molar-refractivity contribution in [2.24, 2.45) is 0 Å². The zero-order chi connectivity index (χ0) is 11.9. The highest BCUT2D eigenvalue weighted by Gasteiger charge is 2.08. The maximum Gasteiger partial charge on any atom is 0.0419 e. The second-order valence-electron chi connectivity index (χ2n) is 4.18. The van der Waals surface area contributed by atoms with Gasteiger partial charge in [-0.2, -0.15) is 11.3 Å². The summed E-state index contributed by atoms with van der Waals surface area (Å²) < 4.78 is 0. The number of hydrogen-bond acceptors (Lipinski definition) is 3. The van der Waals surface area contributed by atoms with Crippen LogP contribution in [0.1, 0.15) is 17.7 Å². The summed E-state index contributed by atoms with van der Waals surface area (Å²) in [5.41, 5.74) is 2.61. The van der Waals surface area contributed by atoms with Gasteiger partial charge in [-0.1, -0.05) is 6.07 Å². The summed E-state index contributed by atoms with van der Waals surface area (Å²) in [7, 11) is 2.03. The van der Waals surface area contributed by atoms with Crippen LogP contribution in [0, 0.1) is 0 Å². The normalized spacial score (nSPS) is 12.5. The molecule has 0 radical (unpaired) electrons. The van der Waals surface area contributed by atoms with E-state index >= 15 is 0 Å². The van der Waals surface area contributed by atoms with Crippen LogP contribution in [0.25, 0.3) is 0 Å². The molecule has 0 aromatic carbocycles. The zero-order valence-electron chi connectivity index (χ0n) is 10.1. The van der Waals surface area contributed by atoms with Crippen LogP contribution >= 0.6 is 11.3 Å². The average molecular weight is 246 g/mol. The fraction of sp³-hybridized carbons (Fsp3) is 0.357. The molecule has 2 aromatic rings. The van der Waals surface area contributed by atoms with Crippen molar-refractivity contribution in [2.45, 2.75) is 25.3 Å². The third-order valence-corrected chi connectivity index (χ3v) is 3.68. The third-order valence-electron chi connectivity index (χ3n) is 2.95. The molecule has 0 aliphatic heterocycles. The second-order valence-corrected chi connectivity index (χ2v) is 4.96. The summed E-state index contributed by atoms with van der Waals surface area (Å²) in [6.07, 6.45) is 5.16. The lowest BCUT2D eigenvalue weighted by atomic mass is 10.0. The summed E-state index contributed by atoms with van der Waals surface area (Å²) in [5.74, 6) is 0. The molecule has 3 heteroatoms. The smallest absolute Gasteiger partial charge is 0.0419 e. The molecule has 1 atom stereocenters. The third kappa shape index (κ3) is 3.95. The fourth-order valence-corrected chi connectivity index (χ4v) is 2.60. The number of aromatic nitrogens is 1. The number of rotatable bonds is 6. The van der Waals surface area contributed by atoms with Crippen molar-refractivity contribution in [2.75, 3.05) is 7.05 Å². The van der Waals surface area contributed by atoms with Gasteiger partial charge in [-0.15, -0.1) is 0 Å². The Morgan fingerprint density at radius 2 is 2.29 bits per heavy atom. The highest BCUT2D eigenvalue weighted by molar-refractivity contribution is 7.07. The summed E-state index contributed by atoms with van der Waals surface area (Å²) in [4.78, 5) is 4.37. The van der Waals surface area contributed by atoms with Gasteiger partial charge >= 0.3 is 0 Å². The van der Waals surface area contributed by atoms with Crippen LogP contribution in [0.5, 0.6) is 0 Å². The molecule has 17 heavy (non-hydrogen) atoms. The van der Waals surface area contributed by atoms with Gasteiger partial charge in [-0.3, -0.25) is 4.98 Å². The van der Waals surface area contributed by atoms with E-state index in [1.54, 1.807) is 11.3 Å². The van der Waals surface area contributed by atoms with Crippen LogP contribution in [0.15, 0.2) is 41.2 Å². The molecule has 2 rings (SSSR count). The van der Waals surface area contributed by atoms with E-state index in [9.17, 15) is 0 Å². The van der Waals surface area contributed by atoms with E-state index in [0.29, 0.717) is 6.04 Å². The van der Waals surface area contributed by atoms with Crippen molar-refractivity contribution in [3.63, 3.8) is 0 Å². The molecule has 90 valence electrons. The summed E-state index contributed by atoms with van der Waals surface area (Å²) in [6.45, 7) is 0. The van der Waals surface area contributed by atoms with Gasteiger partial charge in [0, 0.05) is 24.4 Å². The minimum absolute atomic E-state index is 0.504. The molecule has 1 N–H and O–H groups in total. The first kappa shape index (κ1) is 12.3. The lowest BCUT2D eigenvalue weighted by Crippen LogP contribution is -2.28. The molecule has 2 aromatic heterocycles. The first-order valence-corrected chi connectivity index (χ1v) is 6.91. The fourth-order valence-electron chi connectivity index (χ4n) is 1.90. The van der Waals surface area contributed by atoms with Crippen LogP contribution in [-0.4, -0.2) is 18.1 Å². The van der Waals surface area contributed by atoms with E-state index < -0.39 is 0 Å². The Morgan fingerprint density at radius 1 is 1.35 bits per heavy atom. The summed E-state index contributed by atoms with van der Waals surface area (Å²) in [6, 6.07) is 8.81. The monoisotopic (exact) mass is 246 g/mol. The summed E-state index contributed by atoms with van der Waals surface area (Å²) >= 11 is 1.77. The Hall–Kier alpha value is -1.19. The molecule has 2 nitrogen and oxygen atoms in total. The van der Waals surface area contributed by atoms with E-state index in [2.05, 4.69) is 33.2 Å². The van der Waals surface area contributed by atoms with Gasteiger partial charge in [0.2, 0.25) is 0 Å². The van der Waals surface area contributed by atoms with Crippen LogP contribution in [0.2, 0.25) is 0 Å². The van der Waals surface area contributed by atoms with Crippen LogP contribution < -0.4 is 5.32 Å². The molecule has 0 aliphatic rings. The highest BCUT2D eigenvalue weighted by atomic mass is 32.1. The van der Waals surface area contributed by atoms with Gasteiger partial charge in [0.25, 0.3) is 0 Å². The Morgan fingerprint density at radius 3 is 2.94 bits per heavy atom. The highest BCUT2D eigenvalue weighted by Crippen LogP contribution is 2.11. The first-order valence-electron chi connectivity index (χ1n) is 5.96. The maximum atomic E-state index is 4.37. The van der Waals surface area contributed by atoms with Crippen molar-refractivity contribution >= 4 is 11.3 Å². The van der Waals surface area contributed by atoms with E-state index in [1.807, 2.05) is 25.4 Å². The first-order chi connectivity index (χ1) is 8.38. The molecule has 0 bridgehead atoms. The zero-order valence-corrected chi connectivity index (χ0v) is 10.9. The van der Waals surface area contributed by atoms with Gasteiger partial charge in [-0.05, 0) is 54.4 Å². The van der Waals surface area contributed by atoms with E-state index in [-0.39, 0.29) is 0 Å². The Kier molecular flexibility index (Phi) is 4.71. The van der Waals surface area contributed by atoms with Crippen LogP contribution in [0.4, 0.5) is 0 Å². The van der Waals surface area contributed by atoms with E-state index in [1.165, 1.54) is 5.56 Å². The number of likely N-dealkylation sites (N-methyl/N-ethyl adjacent to an activating group) is 1. The number of pyridine rings is 1. The largest absolute Gasteiger partial charge is 0.317 e. The minimum Gasteiger partial charge on any atom is -0.317 e. The van der Waals surface area contributed by atoms with E-state index in [0.717, 1.165) is 25.0 Å². The van der Waals surface area contributed by atoms with Crippen molar-refractivity contribution in [3.05, 3.63) is 52.5 Å². The Labute approximate surface area is 107 Å². The van der Waals surface area contributed by atoms with E-state index in [4.69, 9.17) is 0 Å². The maximum absolute atomic E-state index is 4.37. The Bertz CT molecular complexity index is 411. The van der Waals surface area contributed by atoms with Crippen LogP contribution in [0.3, 0.4) is 0 Å². The lowest BCUT2D eigenvalue weighted by Gasteiger charge is -2.15. The molecule has 0 saturated carbocycles. The predicted octanol–water partition coefficient (Wildman–Crippen LogP) is 2.91. The molecule has 0 amide bonds.